The van der Waals surface area contributed by atoms with Gasteiger partial charge in [-0.1, -0.05) is 0 Å². The summed E-state index contributed by atoms with van der Waals surface area (Å²) in [5, 5.41) is 3.40. The number of anilines is 1. The van der Waals surface area contributed by atoms with Crippen molar-refractivity contribution in [1.82, 2.24) is 9.88 Å². The van der Waals surface area contributed by atoms with Gasteiger partial charge in [-0.2, -0.15) is 0 Å². The molecule has 0 unspecified atom stereocenters. The molecule has 2 amide bonds. The largest absolute Gasteiger partial charge is 0.493 e. The Kier molecular flexibility index (Phi) is 5.86. The number of fused-ring (bicyclic) bond motifs is 1. The van der Waals surface area contributed by atoms with Gasteiger partial charge in [-0.15, -0.1) is 0 Å². The molecule has 3 rings (SSSR count). The number of nitrogens with one attached hydrogen (secondary N) is 1. The highest BCUT2D eigenvalue weighted by molar-refractivity contribution is 6.10. The minimum absolute atomic E-state index is 0.250. The number of nitrogens with zero attached hydrogens (tertiary/aromatic N) is 2. The van der Waals surface area contributed by atoms with Gasteiger partial charge in [0.1, 0.15) is 5.82 Å². The van der Waals surface area contributed by atoms with Crippen LogP contribution in [0.4, 0.5) is 10.1 Å². The summed E-state index contributed by atoms with van der Waals surface area (Å²) in [6.07, 6.45) is 0. The maximum atomic E-state index is 13.5. The van der Waals surface area contributed by atoms with E-state index in [1.165, 1.54) is 43.4 Å². The molecule has 30 heavy (non-hydrogen) atoms. The maximum absolute atomic E-state index is 13.5. The van der Waals surface area contributed by atoms with Crippen molar-refractivity contribution in [2.45, 2.75) is 6.92 Å². The van der Waals surface area contributed by atoms with Crippen LogP contribution in [0.25, 0.3) is 10.9 Å². The zero-order chi connectivity index (χ0) is 22.0. The summed E-state index contributed by atoms with van der Waals surface area (Å²) in [6.45, 7) is 1.67. The molecule has 1 aromatic heterocycles. The molecule has 0 aliphatic carbocycles. The number of pyridine rings is 1. The summed E-state index contributed by atoms with van der Waals surface area (Å²) in [7, 11) is 6.16. The number of rotatable bonds is 5. The van der Waals surface area contributed by atoms with Crippen LogP contribution in [0.5, 0.6) is 11.5 Å². The van der Waals surface area contributed by atoms with Gasteiger partial charge in [-0.25, -0.2) is 4.39 Å². The second-order valence-corrected chi connectivity index (χ2v) is 6.86. The van der Waals surface area contributed by atoms with Gasteiger partial charge in [-0.05, 0) is 31.2 Å². The van der Waals surface area contributed by atoms with Gasteiger partial charge in [0.25, 0.3) is 11.8 Å². The first-order chi connectivity index (χ1) is 14.2. The van der Waals surface area contributed by atoms with Crippen LogP contribution in [-0.4, -0.2) is 50.0 Å². The first-order valence-corrected chi connectivity index (χ1v) is 9.11. The predicted octanol–water partition coefficient (Wildman–Crippen LogP) is 3.65. The minimum atomic E-state index is -0.453. The van der Waals surface area contributed by atoms with Crippen molar-refractivity contribution in [1.29, 1.82) is 0 Å². The van der Waals surface area contributed by atoms with Crippen LogP contribution >= 0.6 is 0 Å². The molecule has 8 heteroatoms. The van der Waals surface area contributed by atoms with E-state index < -0.39 is 11.7 Å². The quantitative estimate of drug-likeness (QED) is 0.693. The van der Waals surface area contributed by atoms with Crippen molar-refractivity contribution < 1.29 is 23.5 Å². The van der Waals surface area contributed by atoms with Gasteiger partial charge in [0.2, 0.25) is 0 Å². The van der Waals surface area contributed by atoms with E-state index >= 15 is 0 Å². The molecule has 1 N–H and O–H groups in total. The molecule has 0 saturated carbocycles. The lowest BCUT2D eigenvalue weighted by Gasteiger charge is -2.18. The fourth-order valence-corrected chi connectivity index (χ4v) is 3.06. The Balaban J connectivity index is 2.05. The van der Waals surface area contributed by atoms with E-state index in [1.807, 2.05) is 0 Å². The molecular formula is C22H22FN3O4. The monoisotopic (exact) mass is 411 g/mol. The molecule has 1 heterocycles. The zero-order valence-corrected chi connectivity index (χ0v) is 17.4. The number of carbonyl (C=O) groups is 2. The highest BCUT2D eigenvalue weighted by atomic mass is 19.1. The molecule has 0 fully saturated rings. The molecular weight excluding hydrogens is 389 g/mol. The lowest BCUT2D eigenvalue weighted by Crippen LogP contribution is -2.24. The Labute approximate surface area is 173 Å². The number of carbonyl (C=O) groups excluding carboxylic acids is 2. The van der Waals surface area contributed by atoms with Crippen molar-refractivity contribution in [3.05, 3.63) is 59.0 Å². The van der Waals surface area contributed by atoms with Crippen molar-refractivity contribution in [2.24, 2.45) is 0 Å². The molecule has 3 aromatic rings. The van der Waals surface area contributed by atoms with Gasteiger partial charge < -0.3 is 19.7 Å². The SMILES string of the molecule is COc1cc(NC(=O)c2cc3ccc(F)cc3nc2C)c(C(=O)N(C)C)cc1OC. The summed E-state index contributed by atoms with van der Waals surface area (Å²) in [5.74, 6) is -0.427. The summed E-state index contributed by atoms with van der Waals surface area (Å²) >= 11 is 0. The third-order valence-corrected chi connectivity index (χ3v) is 4.62. The standard InChI is InChI=1S/C22H22FN3O4/c1-12-15(8-13-6-7-14(23)9-17(13)24-12)21(27)25-18-11-20(30-5)19(29-4)10-16(18)22(28)26(2)3/h6-11H,1-5H3,(H,25,27). The van der Waals surface area contributed by atoms with Gasteiger partial charge >= 0.3 is 0 Å². The second-order valence-electron chi connectivity index (χ2n) is 6.86. The summed E-state index contributed by atoms with van der Waals surface area (Å²) < 4.78 is 24.0. The van der Waals surface area contributed by atoms with E-state index in [1.54, 1.807) is 33.2 Å². The lowest BCUT2D eigenvalue weighted by atomic mass is 10.1. The van der Waals surface area contributed by atoms with Crippen LogP contribution in [0.1, 0.15) is 26.4 Å². The molecule has 7 nitrogen and oxygen atoms in total. The Morgan fingerprint density at radius 1 is 1.00 bits per heavy atom. The van der Waals surface area contributed by atoms with E-state index in [0.717, 1.165) is 0 Å². The van der Waals surface area contributed by atoms with Gasteiger partial charge in [0.15, 0.2) is 11.5 Å². The minimum Gasteiger partial charge on any atom is -0.493 e. The lowest BCUT2D eigenvalue weighted by molar-refractivity contribution is 0.0828. The number of hydrogen-bond donors (Lipinski definition) is 1. The fourth-order valence-electron chi connectivity index (χ4n) is 3.06. The van der Waals surface area contributed by atoms with Gasteiger partial charge in [0.05, 0.1) is 42.2 Å². The third kappa shape index (κ3) is 4.03. The van der Waals surface area contributed by atoms with Crippen LogP contribution < -0.4 is 14.8 Å². The number of methoxy groups -OCH3 is 2. The van der Waals surface area contributed by atoms with Gasteiger partial charge in [-0.3, -0.25) is 14.6 Å². The molecule has 0 spiro atoms. The first kappa shape index (κ1) is 21.0. The van der Waals surface area contributed by atoms with Crippen LogP contribution in [0.3, 0.4) is 0 Å². The number of aromatic nitrogens is 1. The predicted molar refractivity (Wildman–Crippen MR) is 112 cm³/mol. The first-order valence-electron chi connectivity index (χ1n) is 9.11. The van der Waals surface area contributed by atoms with E-state index in [4.69, 9.17) is 9.47 Å². The fraction of sp³-hybridized carbons (Fsp3) is 0.227. The normalized spacial score (nSPS) is 10.6. The van der Waals surface area contributed by atoms with Crippen LogP contribution in [0.2, 0.25) is 0 Å². The van der Waals surface area contributed by atoms with Crippen molar-refractivity contribution in [2.75, 3.05) is 33.6 Å². The number of halogens is 1. The smallest absolute Gasteiger partial charge is 0.257 e. The Bertz CT molecular complexity index is 1140. The second kappa shape index (κ2) is 8.36. The van der Waals surface area contributed by atoms with E-state index in [0.29, 0.717) is 33.7 Å². The Morgan fingerprint density at radius 2 is 1.67 bits per heavy atom. The molecule has 0 aliphatic rings. The van der Waals surface area contributed by atoms with Crippen LogP contribution in [0, 0.1) is 12.7 Å². The van der Waals surface area contributed by atoms with E-state index in [9.17, 15) is 14.0 Å². The maximum Gasteiger partial charge on any atom is 0.257 e. The van der Waals surface area contributed by atoms with Crippen molar-refractivity contribution >= 4 is 28.4 Å². The Hall–Kier alpha value is -3.68. The van der Waals surface area contributed by atoms with Crippen molar-refractivity contribution in [3.63, 3.8) is 0 Å². The van der Waals surface area contributed by atoms with Crippen molar-refractivity contribution in [3.8, 4) is 11.5 Å². The molecule has 0 atom stereocenters. The highest BCUT2D eigenvalue weighted by Crippen LogP contribution is 2.34. The molecule has 0 saturated heterocycles. The number of aryl methyl sites for hydroxylation is 1. The highest BCUT2D eigenvalue weighted by Gasteiger charge is 2.21. The van der Waals surface area contributed by atoms with E-state index in [2.05, 4.69) is 10.3 Å². The molecule has 0 aliphatic heterocycles. The summed E-state index contributed by atoms with van der Waals surface area (Å²) in [5.41, 5.74) is 1.73. The number of hydrogen-bond acceptors (Lipinski definition) is 5. The van der Waals surface area contributed by atoms with Crippen LogP contribution in [-0.2, 0) is 0 Å². The van der Waals surface area contributed by atoms with E-state index in [-0.39, 0.29) is 17.2 Å². The number of amides is 2. The average Bonchev–Trinajstić information content (AvgIpc) is 2.72. The average molecular weight is 411 g/mol. The molecule has 0 bridgehead atoms. The number of benzene rings is 2. The molecule has 156 valence electrons. The molecule has 0 radical (unpaired) electrons. The topological polar surface area (TPSA) is 80.8 Å². The van der Waals surface area contributed by atoms with Crippen LogP contribution in [0.15, 0.2) is 36.4 Å². The third-order valence-electron chi connectivity index (χ3n) is 4.62. The molecule has 2 aromatic carbocycles. The number of ether oxygens (including phenoxy) is 2. The summed E-state index contributed by atoms with van der Waals surface area (Å²) in [6, 6.07) is 8.87. The zero-order valence-electron chi connectivity index (χ0n) is 17.4. The Morgan fingerprint density at radius 3 is 2.30 bits per heavy atom. The van der Waals surface area contributed by atoms with Gasteiger partial charge in [0, 0.05) is 31.6 Å². The summed E-state index contributed by atoms with van der Waals surface area (Å²) in [4.78, 5) is 31.4.